The second-order valence-corrected chi connectivity index (χ2v) is 11.2. The number of ether oxygens (including phenoxy) is 3. The van der Waals surface area contributed by atoms with Crippen molar-refractivity contribution in [3.05, 3.63) is 77.7 Å². The summed E-state index contributed by atoms with van der Waals surface area (Å²) in [6.45, 7) is 11.6. The topological polar surface area (TPSA) is 117 Å². The van der Waals surface area contributed by atoms with Gasteiger partial charge in [-0.25, -0.2) is 14.0 Å². The van der Waals surface area contributed by atoms with Crippen molar-refractivity contribution in [2.45, 2.75) is 32.6 Å². The Morgan fingerprint density at radius 3 is 1.84 bits per heavy atom. The predicted octanol–water partition coefficient (Wildman–Crippen LogP) is 2.73. The Morgan fingerprint density at radius 2 is 1.40 bits per heavy atom. The summed E-state index contributed by atoms with van der Waals surface area (Å²) >= 11 is 0. The molecule has 1 N–H and O–H groups in total. The second-order valence-electron chi connectivity index (χ2n) is 11.2. The Bertz CT molecular complexity index is 1470. The first kappa shape index (κ1) is 32.2. The summed E-state index contributed by atoms with van der Waals surface area (Å²) in [6.07, 6.45) is 5.86. The average Bonchev–Trinajstić information content (AvgIpc) is 3.84. The second kappa shape index (κ2) is 15.7. The quantitative estimate of drug-likeness (QED) is 0.331. The first-order valence-electron chi connectivity index (χ1n) is 15.6. The molecular formula is C32H45N9O4. The summed E-state index contributed by atoms with van der Waals surface area (Å²) in [6, 6.07) is 16.5. The fraction of sp³-hybridized carbons (Fsp3) is 0.500. The smallest absolute Gasteiger partial charge is 0.350 e. The van der Waals surface area contributed by atoms with Gasteiger partial charge in [0.1, 0.15) is 12.1 Å². The molecule has 0 saturated carbocycles. The number of benzene rings is 2. The molecule has 1 unspecified atom stereocenters. The number of methoxy groups -OCH3 is 1. The van der Waals surface area contributed by atoms with E-state index in [1.807, 2.05) is 31.2 Å². The molecule has 5 heterocycles. The highest BCUT2D eigenvalue weighted by Crippen LogP contribution is 2.23. The third-order valence-electron chi connectivity index (χ3n) is 8.29. The van der Waals surface area contributed by atoms with E-state index in [0.29, 0.717) is 5.92 Å². The Balaban J connectivity index is 0.000000215. The molecule has 3 aliphatic heterocycles. The van der Waals surface area contributed by atoms with Crippen LogP contribution in [0.25, 0.3) is 5.69 Å². The minimum absolute atomic E-state index is 0.0924. The lowest BCUT2D eigenvalue weighted by atomic mass is 10.0. The summed E-state index contributed by atoms with van der Waals surface area (Å²) in [5.41, 5.74) is 3.15. The SMILES string of the molecule is C1COC(C2CNC2)O1.CCC(C)n1ncn(-c2ccc(N3CCN(c4ccc(OC)cc4)CC3)cc2)c1=O.Cn1nccn1. The summed E-state index contributed by atoms with van der Waals surface area (Å²) in [5.74, 6) is 1.50. The van der Waals surface area contributed by atoms with Gasteiger partial charge in [-0.15, -0.1) is 0 Å². The molecule has 1 atom stereocenters. The van der Waals surface area contributed by atoms with Crippen molar-refractivity contribution in [1.82, 2.24) is 34.7 Å². The van der Waals surface area contributed by atoms with Crippen LogP contribution < -0.4 is 25.5 Å². The predicted molar refractivity (Wildman–Crippen MR) is 173 cm³/mol. The lowest BCUT2D eigenvalue weighted by molar-refractivity contribution is -0.0962. The third kappa shape index (κ3) is 8.29. The van der Waals surface area contributed by atoms with Gasteiger partial charge in [-0.1, -0.05) is 6.92 Å². The molecule has 13 nitrogen and oxygen atoms in total. The van der Waals surface area contributed by atoms with Crippen LogP contribution in [0.15, 0.2) is 72.0 Å². The summed E-state index contributed by atoms with van der Waals surface area (Å²) in [4.78, 5) is 18.9. The number of anilines is 2. The molecule has 45 heavy (non-hydrogen) atoms. The van der Waals surface area contributed by atoms with Crippen molar-refractivity contribution in [2.75, 3.05) is 69.4 Å². The molecule has 2 aromatic heterocycles. The Labute approximate surface area is 264 Å². The van der Waals surface area contributed by atoms with Crippen molar-refractivity contribution in [1.29, 1.82) is 0 Å². The molecule has 242 valence electrons. The number of rotatable bonds is 7. The van der Waals surface area contributed by atoms with Gasteiger partial charge in [0, 0.05) is 63.6 Å². The van der Waals surface area contributed by atoms with Gasteiger partial charge in [-0.3, -0.25) is 0 Å². The van der Waals surface area contributed by atoms with E-state index >= 15 is 0 Å². The van der Waals surface area contributed by atoms with E-state index in [1.165, 1.54) is 16.2 Å². The van der Waals surface area contributed by atoms with Crippen LogP contribution in [-0.2, 0) is 16.5 Å². The standard InChI is InChI=1S/C23H29N5O2.C6H11NO2.C3H5N3/c1-4-18(2)28-23(29)27(17-24-28)21-7-5-19(6-8-21)25-13-15-26(16-14-25)20-9-11-22(30-3)12-10-20;1-2-9-6(8-1)5-3-7-4-5;1-6-4-2-3-5-6/h5-12,17-18H,4,13-16H2,1-3H3;5-7H,1-4H2;2-3H,1H3. The number of nitrogens with zero attached hydrogens (tertiary/aromatic N) is 8. The van der Waals surface area contributed by atoms with Crippen LogP contribution in [-0.4, -0.2) is 95.2 Å². The Morgan fingerprint density at radius 1 is 0.867 bits per heavy atom. The van der Waals surface area contributed by atoms with E-state index in [2.05, 4.69) is 61.6 Å². The van der Waals surface area contributed by atoms with Gasteiger partial charge in [0.05, 0.1) is 44.4 Å². The number of piperazine rings is 1. The van der Waals surface area contributed by atoms with Crippen molar-refractivity contribution < 1.29 is 14.2 Å². The van der Waals surface area contributed by atoms with Crippen LogP contribution in [0.2, 0.25) is 0 Å². The lowest BCUT2D eigenvalue weighted by Crippen LogP contribution is -2.48. The van der Waals surface area contributed by atoms with Crippen molar-refractivity contribution in [2.24, 2.45) is 13.0 Å². The van der Waals surface area contributed by atoms with Gasteiger partial charge in [-0.2, -0.15) is 20.1 Å². The van der Waals surface area contributed by atoms with Gasteiger partial charge >= 0.3 is 5.69 Å². The van der Waals surface area contributed by atoms with E-state index in [9.17, 15) is 4.79 Å². The normalized spacial score (nSPS) is 17.5. The zero-order chi connectivity index (χ0) is 31.6. The largest absolute Gasteiger partial charge is 0.497 e. The van der Waals surface area contributed by atoms with E-state index < -0.39 is 0 Å². The molecule has 0 spiro atoms. The Hall–Kier alpha value is -4.20. The highest BCUT2D eigenvalue weighted by atomic mass is 16.7. The summed E-state index contributed by atoms with van der Waals surface area (Å²) < 4.78 is 19.0. The molecule has 0 radical (unpaired) electrons. The lowest BCUT2D eigenvalue weighted by Gasteiger charge is -2.37. The highest BCUT2D eigenvalue weighted by molar-refractivity contribution is 5.54. The zero-order valence-electron chi connectivity index (χ0n) is 26.7. The molecule has 2 aromatic carbocycles. The van der Waals surface area contributed by atoms with Gasteiger partial charge in [0.2, 0.25) is 0 Å². The van der Waals surface area contributed by atoms with Crippen LogP contribution in [0.1, 0.15) is 26.3 Å². The van der Waals surface area contributed by atoms with Crippen molar-refractivity contribution in [3.63, 3.8) is 0 Å². The summed E-state index contributed by atoms with van der Waals surface area (Å²) in [7, 11) is 3.47. The molecule has 3 saturated heterocycles. The van der Waals surface area contributed by atoms with Crippen LogP contribution in [0, 0.1) is 5.92 Å². The fourth-order valence-corrected chi connectivity index (χ4v) is 5.24. The van der Waals surface area contributed by atoms with Crippen molar-refractivity contribution in [3.8, 4) is 11.4 Å². The van der Waals surface area contributed by atoms with Gasteiger partial charge in [-0.05, 0) is 61.9 Å². The van der Waals surface area contributed by atoms with Crippen LogP contribution in [0.5, 0.6) is 5.75 Å². The maximum atomic E-state index is 12.6. The van der Waals surface area contributed by atoms with Gasteiger partial charge in [0.15, 0.2) is 6.29 Å². The minimum atomic E-state index is -0.0924. The molecule has 3 fully saturated rings. The van der Waals surface area contributed by atoms with Crippen LogP contribution in [0.3, 0.4) is 0 Å². The monoisotopic (exact) mass is 619 g/mol. The highest BCUT2D eigenvalue weighted by Gasteiger charge is 2.31. The van der Waals surface area contributed by atoms with E-state index in [1.54, 1.807) is 42.1 Å². The maximum Gasteiger partial charge on any atom is 0.350 e. The number of hydrogen-bond acceptors (Lipinski definition) is 10. The first-order chi connectivity index (χ1) is 22.0. The average molecular weight is 620 g/mol. The zero-order valence-corrected chi connectivity index (χ0v) is 26.7. The molecule has 7 rings (SSSR count). The molecular weight excluding hydrogens is 574 g/mol. The molecule has 3 aliphatic rings. The minimum Gasteiger partial charge on any atom is -0.497 e. The maximum absolute atomic E-state index is 12.6. The number of aromatic nitrogens is 6. The fourth-order valence-electron chi connectivity index (χ4n) is 5.24. The molecule has 0 bridgehead atoms. The van der Waals surface area contributed by atoms with Crippen LogP contribution in [0.4, 0.5) is 11.4 Å². The first-order valence-corrected chi connectivity index (χ1v) is 15.6. The van der Waals surface area contributed by atoms with Gasteiger partial charge < -0.3 is 29.3 Å². The number of nitrogens with one attached hydrogen (secondary N) is 1. The molecule has 13 heteroatoms. The number of hydrogen-bond donors (Lipinski definition) is 1. The molecule has 0 amide bonds. The van der Waals surface area contributed by atoms with E-state index in [0.717, 1.165) is 70.3 Å². The van der Waals surface area contributed by atoms with Crippen molar-refractivity contribution >= 4 is 11.4 Å². The Kier molecular flexibility index (Phi) is 11.2. The van der Waals surface area contributed by atoms with E-state index in [-0.39, 0.29) is 18.0 Å². The third-order valence-corrected chi connectivity index (χ3v) is 8.29. The number of aryl methyl sites for hydroxylation is 1. The van der Waals surface area contributed by atoms with Gasteiger partial charge in [0.25, 0.3) is 0 Å². The van der Waals surface area contributed by atoms with Crippen LogP contribution >= 0.6 is 0 Å². The molecule has 4 aromatic rings. The summed E-state index contributed by atoms with van der Waals surface area (Å²) in [5, 5.41) is 14.9. The van der Waals surface area contributed by atoms with E-state index in [4.69, 9.17) is 14.2 Å². The molecule has 0 aliphatic carbocycles.